The fraction of sp³-hybridized carbons (Fsp3) is 0.952. The molecule has 23 heavy (non-hydrogen) atoms. The first-order valence-corrected chi connectivity index (χ1v) is 10.1. The maximum atomic E-state index is 12.2. The van der Waals surface area contributed by atoms with Gasteiger partial charge in [0.1, 0.15) is 5.78 Å². The van der Waals surface area contributed by atoms with Crippen LogP contribution >= 0.6 is 0 Å². The number of aliphatic hydroxyl groups is 1. The summed E-state index contributed by atoms with van der Waals surface area (Å²) in [5.41, 5.74) is -0.184. The standard InChI is InChI=1S/C21H34O2/c1-14(22)16-9-10-17-18-8-7-15-6-4-5-11-20(15,3)21(18,23)13-12-19(16,17)2/h15-18,23H,4-13H2,1-3H3/t15?,16-,17+,18+,19-,20+,21-/m1/s1. The van der Waals surface area contributed by atoms with Crippen molar-refractivity contribution in [2.45, 2.75) is 90.6 Å². The molecule has 0 aliphatic heterocycles. The summed E-state index contributed by atoms with van der Waals surface area (Å²) in [4.78, 5) is 12.2. The minimum absolute atomic E-state index is 0.129. The van der Waals surface area contributed by atoms with Gasteiger partial charge in [0.2, 0.25) is 0 Å². The third-order valence-corrected chi connectivity index (χ3v) is 9.26. The first kappa shape index (κ1) is 16.1. The van der Waals surface area contributed by atoms with Crippen molar-refractivity contribution < 1.29 is 9.90 Å². The summed E-state index contributed by atoms with van der Waals surface area (Å²) in [6.45, 7) is 6.56. The summed E-state index contributed by atoms with van der Waals surface area (Å²) in [7, 11) is 0. The van der Waals surface area contributed by atoms with E-state index in [0.29, 0.717) is 17.6 Å². The zero-order valence-electron chi connectivity index (χ0n) is 15.2. The molecule has 4 aliphatic rings. The first-order chi connectivity index (χ1) is 10.8. The van der Waals surface area contributed by atoms with Gasteiger partial charge in [-0.2, -0.15) is 0 Å². The summed E-state index contributed by atoms with van der Waals surface area (Å²) in [5, 5.41) is 11.9. The smallest absolute Gasteiger partial charge is 0.133 e. The van der Waals surface area contributed by atoms with Gasteiger partial charge in [-0.15, -0.1) is 0 Å². The van der Waals surface area contributed by atoms with Crippen LogP contribution in [0.4, 0.5) is 0 Å². The number of rotatable bonds is 1. The topological polar surface area (TPSA) is 37.3 Å². The van der Waals surface area contributed by atoms with Crippen molar-refractivity contribution in [3.63, 3.8) is 0 Å². The lowest BCUT2D eigenvalue weighted by molar-refractivity contribution is -0.234. The molecule has 0 heterocycles. The van der Waals surface area contributed by atoms with Crippen molar-refractivity contribution >= 4 is 5.78 Å². The second-order valence-electron chi connectivity index (χ2n) is 9.82. The molecule has 0 aromatic carbocycles. The van der Waals surface area contributed by atoms with Gasteiger partial charge in [0.15, 0.2) is 0 Å². The van der Waals surface area contributed by atoms with Crippen LogP contribution in [0.15, 0.2) is 0 Å². The molecule has 2 heteroatoms. The molecular weight excluding hydrogens is 284 g/mol. The van der Waals surface area contributed by atoms with E-state index in [4.69, 9.17) is 0 Å². The third-order valence-electron chi connectivity index (χ3n) is 9.26. The normalized spacial score (nSPS) is 55.7. The van der Waals surface area contributed by atoms with E-state index in [2.05, 4.69) is 13.8 Å². The number of hydrogen-bond donors (Lipinski definition) is 1. The summed E-state index contributed by atoms with van der Waals surface area (Å²) < 4.78 is 0. The average Bonchev–Trinajstić information content (AvgIpc) is 2.85. The molecule has 4 saturated carbocycles. The monoisotopic (exact) mass is 318 g/mol. The summed E-state index contributed by atoms with van der Waals surface area (Å²) in [5.74, 6) is 2.36. The summed E-state index contributed by atoms with van der Waals surface area (Å²) in [6.07, 6.45) is 11.9. The van der Waals surface area contributed by atoms with Crippen LogP contribution in [0.2, 0.25) is 0 Å². The molecule has 0 bridgehead atoms. The molecule has 1 N–H and O–H groups in total. The molecule has 130 valence electrons. The third kappa shape index (κ3) is 1.94. The zero-order chi connectivity index (χ0) is 16.5. The molecule has 4 rings (SSSR count). The second-order valence-corrected chi connectivity index (χ2v) is 9.82. The van der Waals surface area contributed by atoms with Gasteiger partial charge in [0.05, 0.1) is 5.60 Å². The summed E-state index contributed by atoms with van der Waals surface area (Å²) >= 11 is 0. The highest BCUT2D eigenvalue weighted by atomic mass is 16.3. The lowest BCUT2D eigenvalue weighted by Crippen LogP contribution is -2.65. The van der Waals surface area contributed by atoms with Gasteiger partial charge in [-0.3, -0.25) is 4.79 Å². The molecule has 4 fully saturated rings. The Hall–Kier alpha value is -0.370. The SMILES string of the molecule is CC(=O)[C@H]1CC[C@H]2[C@@H]3CCC4CCCC[C@]4(C)[C@@]3(O)CC[C@]12C. The van der Waals surface area contributed by atoms with Crippen LogP contribution in [0.5, 0.6) is 0 Å². The van der Waals surface area contributed by atoms with E-state index in [0.717, 1.165) is 31.6 Å². The van der Waals surface area contributed by atoms with Crippen molar-refractivity contribution in [2.75, 3.05) is 0 Å². The fourth-order valence-corrected chi connectivity index (χ4v) is 7.90. The Morgan fingerprint density at radius 2 is 1.65 bits per heavy atom. The van der Waals surface area contributed by atoms with Gasteiger partial charge >= 0.3 is 0 Å². The molecule has 4 aliphatic carbocycles. The van der Waals surface area contributed by atoms with Crippen LogP contribution in [-0.2, 0) is 4.79 Å². The van der Waals surface area contributed by atoms with Gasteiger partial charge in [0, 0.05) is 5.92 Å². The Morgan fingerprint density at radius 3 is 2.39 bits per heavy atom. The largest absolute Gasteiger partial charge is 0.389 e. The van der Waals surface area contributed by atoms with Crippen LogP contribution in [-0.4, -0.2) is 16.5 Å². The number of ketones is 1. The lowest BCUT2D eigenvalue weighted by atomic mass is 9.42. The zero-order valence-corrected chi connectivity index (χ0v) is 15.2. The minimum atomic E-state index is -0.466. The van der Waals surface area contributed by atoms with Gasteiger partial charge in [-0.1, -0.05) is 26.7 Å². The quantitative estimate of drug-likeness (QED) is 0.758. The fourth-order valence-electron chi connectivity index (χ4n) is 7.90. The molecule has 0 aromatic heterocycles. The van der Waals surface area contributed by atoms with Crippen molar-refractivity contribution in [1.82, 2.24) is 0 Å². The molecule has 0 amide bonds. The van der Waals surface area contributed by atoms with Gasteiger partial charge < -0.3 is 5.11 Å². The molecule has 0 radical (unpaired) electrons. The molecule has 2 nitrogen and oxygen atoms in total. The van der Waals surface area contributed by atoms with E-state index in [9.17, 15) is 9.90 Å². The van der Waals surface area contributed by atoms with E-state index in [1.807, 2.05) is 0 Å². The van der Waals surface area contributed by atoms with E-state index < -0.39 is 5.60 Å². The average molecular weight is 319 g/mol. The number of Topliss-reactive ketones (excluding diaryl/α,β-unsaturated/α-hetero) is 1. The van der Waals surface area contributed by atoms with E-state index in [1.165, 1.54) is 38.5 Å². The molecule has 7 atom stereocenters. The van der Waals surface area contributed by atoms with E-state index in [1.54, 1.807) is 6.92 Å². The van der Waals surface area contributed by atoms with Crippen LogP contribution in [0.3, 0.4) is 0 Å². The van der Waals surface area contributed by atoms with E-state index >= 15 is 0 Å². The molecular formula is C21H34O2. The Labute approximate surface area is 141 Å². The Morgan fingerprint density at radius 1 is 0.913 bits per heavy atom. The van der Waals surface area contributed by atoms with Crippen LogP contribution < -0.4 is 0 Å². The number of carbonyl (C=O) groups excluding carboxylic acids is 1. The molecule has 0 spiro atoms. The van der Waals surface area contributed by atoms with Crippen molar-refractivity contribution in [2.24, 2.45) is 34.5 Å². The molecule has 1 unspecified atom stereocenters. The Bertz CT molecular complexity index is 514. The van der Waals surface area contributed by atoms with E-state index in [-0.39, 0.29) is 16.7 Å². The lowest BCUT2D eigenvalue weighted by Gasteiger charge is -2.65. The predicted octanol–water partition coefficient (Wildman–Crippen LogP) is 4.74. The molecule has 0 aromatic rings. The molecule has 0 saturated heterocycles. The summed E-state index contributed by atoms with van der Waals surface area (Å²) in [6, 6.07) is 0. The highest BCUT2D eigenvalue weighted by Crippen LogP contribution is 2.68. The van der Waals surface area contributed by atoms with Crippen LogP contribution in [0, 0.1) is 34.5 Å². The van der Waals surface area contributed by atoms with Gasteiger partial charge in [0.25, 0.3) is 0 Å². The minimum Gasteiger partial charge on any atom is -0.389 e. The second kappa shape index (κ2) is 5.07. The predicted molar refractivity (Wildman–Crippen MR) is 92.0 cm³/mol. The maximum absolute atomic E-state index is 12.2. The van der Waals surface area contributed by atoms with Gasteiger partial charge in [-0.05, 0) is 86.9 Å². The first-order valence-electron chi connectivity index (χ1n) is 10.1. The van der Waals surface area contributed by atoms with Gasteiger partial charge in [-0.25, -0.2) is 0 Å². The Kier molecular flexibility index (Phi) is 3.55. The van der Waals surface area contributed by atoms with Crippen molar-refractivity contribution in [1.29, 1.82) is 0 Å². The Balaban J connectivity index is 1.70. The number of hydrogen-bond acceptors (Lipinski definition) is 2. The van der Waals surface area contributed by atoms with Crippen molar-refractivity contribution in [3.8, 4) is 0 Å². The van der Waals surface area contributed by atoms with Crippen LogP contribution in [0.25, 0.3) is 0 Å². The highest BCUT2D eigenvalue weighted by molar-refractivity contribution is 5.79. The highest BCUT2D eigenvalue weighted by Gasteiger charge is 2.66. The number of carbonyl (C=O) groups is 1. The number of fused-ring (bicyclic) bond motifs is 5. The maximum Gasteiger partial charge on any atom is 0.133 e. The van der Waals surface area contributed by atoms with Crippen molar-refractivity contribution in [3.05, 3.63) is 0 Å². The van der Waals surface area contributed by atoms with Crippen LogP contribution in [0.1, 0.15) is 85.0 Å².